The number of Topliss-reactive ketones (excluding diaryl/α,β-unsaturated/α-hetero) is 1. The number of benzene rings is 3. The minimum Gasteiger partial charge on any atom is -0.324 e. The largest absolute Gasteiger partial charge is 0.324 e. The average molecular weight is 491 g/mol. The third-order valence-corrected chi connectivity index (χ3v) is 7.17. The van der Waals surface area contributed by atoms with Gasteiger partial charge in [-0.3, -0.25) is 13.9 Å². The summed E-state index contributed by atoms with van der Waals surface area (Å²) in [6, 6.07) is 17.0. The van der Waals surface area contributed by atoms with Gasteiger partial charge < -0.3 is 5.32 Å². The van der Waals surface area contributed by atoms with Crippen molar-refractivity contribution in [2.24, 2.45) is 0 Å². The third-order valence-electron chi connectivity index (χ3n) is 4.64. The highest BCUT2D eigenvalue weighted by atomic mass is 35.5. The van der Waals surface area contributed by atoms with E-state index in [4.69, 9.17) is 23.2 Å². The maximum atomic E-state index is 13.4. The van der Waals surface area contributed by atoms with Crippen LogP contribution in [0.2, 0.25) is 10.0 Å². The third kappa shape index (κ3) is 5.48. The van der Waals surface area contributed by atoms with E-state index in [9.17, 15) is 18.0 Å². The van der Waals surface area contributed by atoms with E-state index in [1.165, 1.54) is 43.3 Å². The van der Waals surface area contributed by atoms with Crippen molar-refractivity contribution in [3.8, 4) is 0 Å². The lowest BCUT2D eigenvalue weighted by Gasteiger charge is -2.24. The van der Waals surface area contributed by atoms with E-state index in [-0.39, 0.29) is 26.4 Å². The summed E-state index contributed by atoms with van der Waals surface area (Å²) in [6.07, 6.45) is 0. The van der Waals surface area contributed by atoms with Crippen LogP contribution in [0.4, 0.5) is 11.4 Å². The van der Waals surface area contributed by atoms with Crippen LogP contribution in [-0.2, 0) is 14.8 Å². The first-order valence-corrected chi connectivity index (χ1v) is 11.7. The number of aryl methyl sites for hydroxylation is 1. The maximum absolute atomic E-state index is 13.4. The van der Waals surface area contributed by atoms with Gasteiger partial charge in [0.25, 0.3) is 10.0 Å². The number of anilines is 2. The molecule has 0 heterocycles. The summed E-state index contributed by atoms with van der Waals surface area (Å²) in [7, 11) is -4.09. The first kappa shape index (κ1) is 23.8. The Hall–Kier alpha value is -2.87. The highest BCUT2D eigenvalue weighted by molar-refractivity contribution is 7.92. The number of rotatable bonds is 7. The van der Waals surface area contributed by atoms with Crippen LogP contribution in [0.5, 0.6) is 0 Å². The van der Waals surface area contributed by atoms with E-state index in [0.29, 0.717) is 11.3 Å². The summed E-state index contributed by atoms with van der Waals surface area (Å²) in [5.41, 5.74) is 1.89. The zero-order chi connectivity index (χ0) is 23.5. The molecule has 0 atom stereocenters. The number of nitrogens with one attached hydrogen (secondary N) is 1. The summed E-state index contributed by atoms with van der Waals surface area (Å²) in [5.74, 6) is -0.743. The van der Waals surface area contributed by atoms with Crippen molar-refractivity contribution in [3.05, 3.63) is 87.9 Å². The van der Waals surface area contributed by atoms with Crippen molar-refractivity contribution in [1.82, 2.24) is 0 Å². The monoisotopic (exact) mass is 490 g/mol. The van der Waals surface area contributed by atoms with Gasteiger partial charge in [0.05, 0.1) is 20.6 Å². The number of carbonyl (C=O) groups is 2. The Bertz CT molecular complexity index is 1280. The van der Waals surface area contributed by atoms with Gasteiger partial charge in [-0.05, 0) is 56.3 Å². The molecular formula is C23H20Cl2N2O4S. The number of amides is 1. The van der Waals surface area contributed by atoms with Gasteiger partial charge in [-0.2, -0.15) is 0 Å². The van der Waals surface area contributed by atoms with Crippen molar-refractivity contribution in [2.45, 2.75) is 18.7 Å². The number of hydrogen-bond donors (Lipinski definition) is 1. The molecule has 1 amide bonds. The minimum atomic E-state index is -4.09. The lowest BCUT2D eigenvalue weighted by Crippen LogP contribution is -2.38. The SMILES string of the molecule is CC(=O)c1cccc(NC(=O)CN(c2ccc(Cl)c(Cl)c2)S(=O)(=O)c2ccc(C)cc2)c1. The van der Waals surface area contributed by atoms with Crippen LogP contribution in [0.25, 0.3) is 0 Å². The van der Waals surface area contributed by atoms with Crippen molar-refractivity contribution >= 4 is 56.3 Å². The first-order chi connectivity index (χ1) is 15.1. The molecule has 0 saturated carbocycles. The van der Waals surface area contributed by atoms with Crippen LogP contribution < -0.4 is 9.62 Å². The van der Waals surface area contributed by atoms with Crippen molar-refractivity contribution in [2.75, 3.05) is 16.2 Å². The molecule has 32 heavy (non-hydrogen) atoms. The molecule has 0 aromatic heterocycles. The van der Waals surface area contributed by atoms with Crippen LogP contribution in [0.15, 0.2) is 71.6 Å². The molecule has 0 aliphatic carbocycles. The maximum Gasteiger partial charge on any atom is 0.264 e. The molecule has 166 valence electrons. The van der Waals surface area contributed by atoms with E-state index in [1.807, 2.05) is 6.92 Å². The van der Waals surface area contributed by atoms with Crippen LogP contribution in [0, 0.1) is 6.92 Å². The molecule has 6 nitrogen and oxygen atoms in total. The number of halogens is 2. The Morgan fingerprint density at radius 2 is 1.62 bits per heavy atom. The van der Waals surface area contributed by atoms with Crippen LogP contribution in [0.1, 0.15) is 22.8 Å². The topological polar surface area (TPSA) is 83.6 Å². The molecule has 3 rings (SSSR count). The Balaban J connectivity index is 1.96. The predicted octanol–water partition coefficient (Wildman–Crippen LogP) is 5.34. The summed E-state index contributed by atoms with van der Waals surface area (Å²) < 4.78 is 27.8. The standard InChI is InChI=1S/C23H20Cl2N2O4S/c1-15-6-9-20(10-7-15)32(30,31)27(19-8-11-21(24)22(25)13-19)14-23(29)26-18-5-3-4-17(12-18)16(2)28/h3-13H,14H2,1-2H3,(H,26,29). The van der Waals surface area contributed by atoms with E-state index >= 15 is 0 Å². The first-order valence-electron chi connectivity index (χ1n) is 9.53. The molecule has 3 aromatic carbocycles. The Morgan fingerprint density at radius 3 is 2.25 bits per heavy atom. The van der Waals surface area contributed by atoms with Crippen molar-refractivity contribution in [1.29, 1.82) is 0 Å². The molecule has 0 saturated heterocycles. The molecule has 0 spiro atoms. The number of sulfonamides is 1. The van der Waals surface area contributed by atoms with E-state index in [2.05, 4.69) is 5.32 Å². The number of hydrogen-bond acceptors (Lipinski definition) is 4. The normalized spacial score (nSPS) is 11.1. The van der Waals surface area contributed by atoms with E-state index in [1.54, 1.807) is 30.3 Å². The van der Waals surface area contributed by atoms with Gasteiger partial charge >= 0.3 is 0 Å². The molecule has 0 bridgehead atoms. The predicted molar refractivity (Wildman–Crippen MR) is 127 cm³/mol. The summed E-state index contributed by atoms with van der Waals surface area (Å²) in [4.78, 5) is 24.4. The van der Waals surface area contributed by atoms with E-state index < -0.39 is 22.5 Å². The molecule has 0 aliphatic heterocycles. The highest BCUT2D eigenvalue weighted by Crippen LogP contribution is 2.30. The highest BCUT2D eigenvalue weighted by Gasteiger charge is 2.27. The molecule has 0 unspecified atom stereocenters. The molecule has 3 aromatic rings. The lowest BCUT2D eigenvalue weighted by atomic mass is 10.1. The quantitative estimate of drug-likeness (QED) is 0.453. The number of ketones is 1. The zero-order valence-corrected chi connectivity index (χ0v) is 19.6. The van der Waals surface area contributed by atoms with Gasteiger partial charge in [0.15, 0.2) is 5.78 Å². The Labute approximate surface area is 196 Å². The van der Waals surface area contributed by atoms with Crippen LogP contribution in [-0.4, -0.2) is 26.7 Å². The summed E-state index contributed by atoms with van der Waals surface area (Å²) >= 11 is 12.1. The van der Waals surface area contributed by atoms with E-state index in [0.717, 1.165) is 9.87 Å². The van der Waals surface area contributed by atoms with Crippen LogP contribution >= 0.6 is 23.2 Å². The van der Waals surface area contributed by atoms with Crippen LogP contribution in [0.3, 0.4) is 0 Å². The van der Waals surface area contributed by atoms with Gasteiger partial charge in [0.2, 0.25) is 5.91 Å². The molecule has 9 heteroatoms. The second-order valence-corrected chi connectivity index (χ2v) is 9.79. The Morgan fingerprint density at radius 1 is 0.938 bits per heavy atom. The van der Waals surface area contributed by atoms with Gasteiger partial charge in [-0.15, -0.1) is 0 Å². The number of carbonyl (C=O) groups excluding carboxylic acids is 2. The fraction of sp³-hybridized carbons (Fsp3) is 0.130. The summed E-state index contributed by atoms with van der Waals surface area (Å²) in [5, 5.41) is 3.05. The Kier molecular flexibility index (Phi) is 7.23. The molecule has 0 radical (unpaired) electrons. The van der Waals surface area contributed by atoms with Gasteiger partial charge in [-0.25, -0.2) is 8.42 Å². The van der Waals surface area contributed by atoms with Gasteiger partial charge in [0, 0.05) is 11.3 Å². The number of nitrogens with zero attached hydrogens (tertiary/aromatic N) is 1. The second kappa shape index (κ2) is 9.73. The van der Waals surface area contributed by atoms with Gasteiger partial charge in [-0.1, -0.05) is 53.0 Å². The fourth-order valence-electron chi connectivity index (χ4n) is 2.94. The van der Waals surface area contributed by atoms with Crippen molar-refractivity contribution in [3.63, 3.8) is 0 Å². The summed E-state index contributed by atoms with van der Waals surface area (Å²) in [6.45, 7) is 2.75. The lowest BCUT2D eigenvalue weighted by molar-refractivity contribution is -0.114. The molecule has 1 N–H and O–H groups in total. The molecule has 0 aliphatic rings. The minimum absolute atomic E-state index is 0.0283. The smallest absolute Gasteiger partial charge is 0.264 e. The molecular weight excluding hydrogens is 471 g/mol. The fourth-order valence-corrected chi connectivity index (χ4v) is 4.64. The van der Waals surface area contributed by atoms with Crippen molar-refractivity contribution < 1.29 is 18.0 Å². The average Bonchev–Trinajstić information content (AvgIpc) is 2.74. The molecule has 0 fully saturated rings. The second-order valence-electron chi connectivity index (χ2n) is 7.11. The van der Waals surface area contributed by atoms with Gasteiger partial charge in [0.1, 0.15) is 6.54 Å². The zero-order valence-electron chi connectivity index (χ0n) is 17.3.